The Hall–Kier alpha value is -4.39. The van der Waals surface area contributed by atoms with Crippen molar-refractivity contribution in [1.29, 1.82) is 0 Å². The first-order valence-corrected chi connectivity index (χ1v) is 16.3. The highest BCUT2D eigenvalue weighted by Crippen LogP contribution is 2.52. The van der Waals surface area contributed by atoms with Crippen LogP contribution in [0.1, 0.15) is 61.1 Å². The molecule has 2 aliphatic carbocycles. The minimum absolute atomic E-state index is 0.00565. The van der Waals surface area contributed by atoms with Crippen molar-refractivity contribution in [3.05, 3.63) is 154 Å². The largest absolute Gasteiger partial charge is 0.0843 e. The zero-order chi connectivity index (χ0) is 31.2. The lowest BCUT2D eigenvalue weighted by Crippen LogP contribution is -2.15. The second-order valence-corrected chi connectivity index (χ2v) is 14.5. The Morgan fingerprint density at radius 3 is 1.31 bits per heavy atom. The van der Waals surface area contributed by atoms with E-state index in [1.807, 2.05) is 12.1 Å². The summed E-state index contributed by atoms with van der Waals surface area (Å²) in [6.07, 6.45) is 0. The fraction of sp³-hybridized carbons (Fsp3) is 0.182. The molecule has 0 bridgehead atoms. The SMILES string of the molecule is Cc1cc(-c2ccc3c(c2)C(C)(C)c2cc(-c4ccc5c(c4)C(C)(C)c4ccccc4-5)ccc2-3)cc(C)c1-c1ccc(Cl)cc1. The van der Waals surface area contributed by atoms with Crippen LogP contribution in [0.25, 0.3) is 55.6 Å². The first kappa shape index (κ1) is 28.1. The Morgan fingerprint density at radius 1 is 0.400 bits per heavy atom. The van der Waals surface area contributed by atoms with Crippen LogP contribution in [0.2, 0.25) is 5.02 Å². The highest BCUT2D eigenvalue weighted by atomic mass is 35.5. The second kappa shape index (κ2) is 9.80. The van der Waals surface area contributed by atoms with Crippen molar-refractivity contribution in [3.63, 3.8) is 0 Å². The van der Waals surface area contributed by atoms with Gasteiger partial charge in [-0.3, -0.25) is 0 Å². The van der Waals surface area contributed by atoms with E-state index in [0.29, 0.717) is 0 Å². The van der Waals surface area contributed by atoms with E-state index >= 15 is 0 Å². The number of rotatable bonds is 3. The molecule has 0 unspecified atom stereocenters. The van der Waals surface area contributed by atoms with Crippen LogP contribution in [0.5, 0.6) is 0 Å². The number of hydrogen-bond donors (Lipinski definition) is 0. The van der Waals surface area contributed by atoms with Crippen LogP contribution < -0.4 is 0 Å². The molecule has 0 nitrogen and oxygen atoms in total. The van der Waals surface area contributed by atoms with Gasteiger partial charge in [-0.2, -0.15) is 0 Å². The van der Waals surface area contributed by atoms with Crippen LogP contribution in [0.15, 0.2) is 115 Å². The molecule has 0 heterocycles. The third kappa shape index (κ3) is 4.19. The first-order valence-electron chi connectivity index (χ1n) is 16.0. The smallest absolute Gasteiger partial charge is 0.0406 e. The Kier molecular flexibility index (Phi) is 6.12. The van der Waals surface area contributed by atoms with Gasteiger partial charge in [0.15, 0.2) is 0 Å². The average Bonchev–Trinajstić information content (AvgIpc) is 3.40. The lowest BCUT2D eigenvalue weighted by Gasteiger charge is -2.23. The normalized spacial score (nSPS) is 14.9. The van der Waals surface area contributed by atoms with Gasteiger partial charge in [-0.1, -0.05) is 124 Å². The van der Waals surface area contributed by atoms with Crippen molar-refractivity contribution < 1.29 is 0 Å². The molecule has 220 valence electrons. The summed E-state index contributed by atoms with van der Waals surface area (Å²) in [7, 11) is 0. The van der Waals surface area contributed by atoms with Crippen molar-refractivity contribution in [1.82, 2.24) is 0 Å². The highest BCUT2D eigenvalue weighted by molar-refractivity contribution is 6.30. The predicted molar refractivity (Wildman–Crippen MR) is 192 cm³/mol. The monoisotopic (exact) mass is 600 g/mol. The molecule has 0 spiro atoms. The van der Waals surface area contributed by atoms with E-state index in [9.17, 15) is 0 Å². The standard InChI is InChI=1S/C44H37Cl/c1-26-21-32(22-27(2)42(26)28-11-16-33(45)17-12-28)31-15-20-37-36-19-14-30(24-40(36)44(5,6)41(37)25-31)29-13-18-35-34-9-7-8-10-38(34)43(3,4)39(35)23-29/h7-25H,1-6H3. The van der Waals surface area contributed by atoms with E-state index in [1.165, 1.54) is 89.0 Å². The summed E-state index contributed by atoms with van der Waals surface area (Å²) in [6, 6.07) is 43.0. The minimum Gasteiger partial charge on any atom is -0.0843 e. The Bertz CT molecular complexity index is 2150. The van der Waals surface area contributed by atoms with Crippen molar-refractivity contribution in [2.75, 3.05) is 0 Å². The van der Waals surface area contributed by atoms with Gasteiger partial charge in [-0.05, 0) is 133 Å². The van der Waals surface area contributed by atoms with Crippen LogP contribution >= 0.6 is 11.6 Å². The van der Waals surface area contributed by atoms with Crippen LogP contribution in [0, 0.1) is 13.8 Å². The van der Waals surface area contributed by atoms with Gasteiger partial charge in [-0.25, -0.2) is 0 Å². The number of aryl methyl sites for hydroxylation is 2. The summed E-state index contributed by atoms with van der Waals surface area (Å²) < 4.78 is 0. The average molecular weight is 601 g/mol. The third-order valence-corrected chi connectivity index (χ3v) is 10.8. The van der Waals surface area contributed by atoms with E-state index in [1.54, 1.807) is 0 Å². The second-order valence-electron chi connectivity index (χ2n) is 14.1. The molecular weight excluding hydrogens is 564 g/mol. The Balaban J connectivity index is 1.16. The van der Waals surface area contributed by atoms with Gasteiger partial charge in [0.25, 0.3) is 0 Å². The topological polar surface area (TPSA) is 0 Å². The molecule has 0 saturated heterocycles. The first-order chi connectivity index (χ1) is 21.5. The van der Waals surface area contributed by atoms with E-state index in [2.05, 4.69) is 145 Å². The molecule has 0 fully saturated rings. The quantitative estimate of drug-likeness (QED) is 0.189. The zero-order valence-corrected chi connectivity index (χ0v) is 27.6. The molecule has 2 aliphatic rings. The number of halogens is 1. The highest BCUT2D eigenvalue weighted by Gasteiger charge is 2.37. The molecule has 6 aromatic rings. The molecule has 6 aromatic carbocycles. The van der Waals surface area contributed by atoms with E-state index < -0.39 is 0 Å². The van der Waals surface area contributed by atoms with Gasteiger partial charge in [0.2, 0.25) is 0 Å². The summed E-state index contributed by atoms with van der Waals surface area (Å²) in [6.45, 7) is 13.9. The maximum atomic E-state index is 6.17. The van der Waals surface area contributed by atoms with Crippen LogP contribution in [0.3, 0.4) is 0 Å². The summed E-state index contributed by atoms with van der Waals surface area (Å²) in [5.41, 5.74) is 21.1. The van der Waals surface area contributed by atoms with Crippen molar-refractivity contribution >= 4 is 11.6 Å². The predicted octanol–water partition coefficient (Wildman–Crippen LogP) is 12.6. The number of hydrogen-bond acceptors (Lipinski definition) is 0. The van der Waals surface area contributed by atoms with Gasteiger partial charge in [0.1, 0.15) is 0 Å². The van der Waals surface area contributed by atoms with Crippen molar-refractivity contribution in [3.8, 4) is 55.6 Å². The van der Waals surface area contributed by atoms with Gasteiger partial charge < -0.3 is 0 Å². The molecule has 0 radical (unpaired) electrons. The Morgan fingerprint density at radius 2 is 0.800 bits per heavy atom. The molecule has 0 aliphatic heterocycles. The van der Waals surface area contributed by atoms with Crippen molar-refractivity contribution in [2.45, 2.75) is 52.4 Å². The Labute approximate surface area is 272 Å². The lowest BCUT2D eigenvalue weighted by molar-refractivity contribution is 0.659. The van der Waals surface area contributed by atoms with Gasteiger partial charge >= 0.3 is 0 Å². The molecular formula is C44H37Cl. The van der Waals surface area contributed by atoms with Gasteiger partial charge in [0, 0.05) is 15.9 Å². The molecule has 0 amide bonds. The minimum atomic E-state index is -0.101. The van der Waals surface area contributed by atoms with Crippen molar-refractivity contribution in [2.24, 2.45) is 0 Å². The summed E-state index contributed by atoms with van der Waals surface area (Å²) >= 11 is 6.17. The summed E-state index contributed by atoms with van der Waals surface area (Å²) in [5, 5.41) is 0.766. The fourth-order valence-electron chi connectivity index (χ4n) is 8.18. The molecule has 8 rings (SSSR count). The maximum absolute atomic E-state index is 6.17. The molecule has 1 heteroatoms. The third-order valence-electron chi connectivity index (χ3n) is 10.6. The molecule has 0 N–H and O–H groups in total. The van der Waals surface area contributed by atoms with Gasteiger partial charge in [-0.15, -0.1) is 0 Å². The molecule has 0 atom stereocenters. The van der Waals surface area contributed by atoms with E-state index in [-0.39, 0.29) is 10.8 Å². The summed E-state index contributed by atoms with van der Waals surface area (Å²) in [4.78, 5) is 0. The van der Waals surface area contributed by atoms with Crippen LogP contribution in [0.4, 0.5) is 0 Å². The number of benzene rings is 6. The summed E-state index contributed by atoms with van der Waals surface area (Å²) in [5.74, 6) is 0. The van der Waals surface area contributed by atoms with E-state index in [0.717, 1.165) is 5.02 Å². The van der Waals surface area contributed by atoms with Crippen LogP contribution in [-0.4, -0.2) is 0 Å². The fourth-order valence-corrected chi connectivity index (χ4v) is 8.31. The zero-order valence-electron chi connectivity index (χ0n) is 26.8. The lowest BCUT2D eigenvalue weighted by atomic mass is 9.80. The number of fused-ring (bicyclic) bond motifs is 6. The van der Waals surface area contributed by atoms with Crippen LogP contribution in [-0.2, 0) is 10.8 Å². The molecule has 0 saturated carbocycles. The van der Waals surface area contributed by atoms with Gasteiger partial charge in [0.05, 0.1) is 0 Å². The van der Waals surface area contributed by atoms with E-state index in [4.69, 9.17) is 11.6 Å². The molecule has 0 aromatic heterocycles. The molecule has 45 heavy (non-hydrogen) atoms. The maximum Gasteiger partial charge on any atom is 0.0406 e.